The summed E-state index contributed by atoms with van der Waals surface area (Å²) >= 11 is 1.66. The Morgan fingerprint density at radius 2 is 2.06 bits per heavy atom. The van der Waals surface area contributed by atoms with Gasteiger partial charge in [0.2, 0.25) is 0 Å². The molecule has 1 aliphatic rings. The molecule has 0 N–H and O–H groups in total. The van der Waals surface area contributed by atoms with Gasteiger partial charge in [0.25, 0.3) is 0 Å². The zero-order chi connectivity index (χ0) is 11.6. The maximum absolute atomic E-state index is 12.5. The van der Waals surface area contributed by atoms with Gasteiger partial charge in [-0.15, -0.1) is 11.8 Å². The van der Waals surface area contributed by atoms with Crippen molar-refractivity contribution in [1.29, 1.82) is 0 Å². The number of alkyl halides is 3. The molecule has 0 saturated heterocycles. The van der Waals surface area contributed by atoms with Crippen LogP contribution in [0.15, 0.2) is 35.9 Å². The molecule has 1 aromatic rings. The number of anilines is 1. The highest BCUT2D eigenvalue weighted by atomic mass is 32.2. The molecule has 2 rings (SSSR count). The fraction of sp³-hybridized carbons (Fsp3) is 0.273. The Morgan fingerprint density at radius 3 is 2.69 bits per heavy atom. The van der Waals surface area contributed by atoms with Crippen LogP contribution < -0.4 is 4.90 Å². The summed E-state index contributed by atoms with van der Waals surface area (Å²) in [6.45, 7) is 0.739. The molecular weight excluding hydrogens is 235 g/mol. The minimum atomic E-state index is -4.27. The largest absolute Gasteiger partial charge is 0.416 e. The summed E-state index contributed by atoms with van der Waals surface area (Å²) in [6, 6.07) is 5.40. The summed E-state index contributed by atoms with van der Waals surface area (Å²) in [5, 5.41) is 1.89. The Hall–Kier alpha value is -1.10. The van der Waals surface area contributed by atoms with Crippen molar-refractivity contribution in [2.24, 2.45) is 0 Å². The van der Waals surface area contributed by atoms with Crippen LogP contribution in [0.1, 0.15) is 5.56 Å². The first-order valence-corrected chi connectivity index (χ1v) is 5.84. The predicted molar refractivity (Wildman–Crippen MR) is 60.4 cm³/mol. The van der Waals surface area contributed by atoms with Crippen LogP contribution in [-0.4, -0.2) is 12.3 Å². The van der Waals surface area contributed by atoms with E-state index in [9.17, 15) is 13.2 Å². The van der Waals surface area contributed by atoms with E-state index in [-0.39, 0.29) is 0 Å². The van der Waals surface area contributed by atoms with Crippen molar-refractivity contribution in [2.75, 3.05) is 17.2 Å². The number of nitrogens with zero attached hydrogens (tertiary/aromatic N) is 1. The number of benzene rings is 1. The molecule has 0 radical (unpaired) electrons. The van der Waals surface area contributed by atoms with Gasteiger partial charge in [-0.2, -0.15) is 13.2 Å². The zero-order valence-corrected chi connectivity index (χ0v) is 9.18. The van der Waals surface area contributed by atoms with Crippen LogP contribution in [-0.2, 0) is 6.18 Å². The van der Waals surface area contributed by atoms with Crippen molar-refractivity contribution < 1.29 is 13.2 Å². The van der Waals surface area contributed by atoms with Crippen molar-refractivity contribution in [3.8, 4) is 0 Å². The summed E-state index contributed by atoms with van der Waals surface area (Å²) in [7, 11) is 0. The van der Waals surface area contributed by atoms with E-state index in [1.54, 1.807) is 17.8 Å². The Morgan fingerprint density at radius 1 is 1.25 bits per heavy atom. The second-order valence-corrected chi connectivity index (χ2v) is 4.41. The standard InChI is InChI=1S/C11H10F3NS/c12-11(13,14)9-2-1-3-10(8-9)15-4-6-16-7-5-15/h1-4,6,8H,5,7H2. The van der Waals surface area contributed by atoms with Crippen LogP contribution in [0.4, 0.5) is 18.9 Å². The Balaban J connectivity index is 2.28. The molecule has 0 aliphatic carbocycles. The molecule has 1 nitrogen and oxygen atoms in total. The van der Waals surface area contributed by atoms with E-state index in [0.717, 1.165) is 18.4 Å². The Bertz CT molecular complexity index is 400. The highest BCUT2D eigenvalue weighted by Crippen LogP contribution is 2.32. The lowest BCUT2D eigenvalue weighted by molar-refractivity contribution is -0.137. The third kappa shape index (κ3) is 2.52. The van der Waals surface area contributed by atoms with Crippen LogP contribution in [0.3, 0.4) is 0 Å². The van der Waals surface area contributed by atoms with E-state index in [1.807, 2.05) is 16.5 Å². The summed E-state index contributed by atoms with van der Waals surface area (Å²) in [5.41, 5.74) is -0.0111. The lowest BCUT2D eigenvalue weighted by Gasteiger charge is -2.23. The Labute approximate surface area is 95.9 Å². The second-order valence-electron chi connectivity index (χ2n) is 3.40. The third-order valence-electron chi connectivity index (χ3n) is 2.29. The van der Waals surface area contributed by atoms with E-state index in [4.69, 9.17) is 0 Å². The molecule has 0 amide bonds. The van der Waals surface area contributed by atoms with Crippen LogP contribution in [0.5, 0.6) is 0 Å². The van der Waals surface area contributed by atoms with Crippen LogP contribution in [0, 0.1) is 0 Å². The smallest absolute Gasteiger partial charge is 0.347 e. The molecular formula is C11H10F3NS. The van der Waals surface area contributed by atoms with Crippen molar-refractivity contribution in [3.63, 3.8) is 0 Å². The predicted octanol–water partition coefficient (Wildman–Crippen LogP) is 3.73. The number of thioether (sulfide) groups is 1. The van der Waals surface area contributed by atoms with Gasteiger partial charge >= 0.3 is 6.18 Å². The van der Waals surface area contributed by atoms with Crippen LogP contribution >= 0.6 is 11.8 Å². The molecule has 0 atom stereocenters. The first-order valence-electron chi connectivity index (χ1n) is 4.79. The maximum Gasteiger partial charge on any atom is 0.416 e. The first-order chi connectivity index (χ1) is 7.57. The molecule has 0 unspecified atom stereocenters. The van der Waals surface area contributed by atoms with E-state index in [2.05, 4.69) is 0 Å². The number of hydrogen-bond acceptors (Lipinski definition) is 2. The highest BCUT2D eigenvalue weighted by Gasteiger charge is 2.30. The second kappa shape index (κ2) is 4.41. The van der Waals surface area contributed by atoms with Crippen molar-refractivity contribution in [2.45, 2.75) is 6.18 Å². The van der Waals surface area contributed by atoms with E-state index in [1.165, 1.54) is 12.1 Å². The third-order valence-corrected chi connectivity index (χ3v) is 3.02. The van der Waals surface area contributed by atoms with Crippen LogP contribution in [0.25, 0.3) is 0 Å². The molecule has 1 aliphatic heterocycles. The molecule has 86 valence electrons. The summed E-state index contributed by atoms with van der Waals surface area (Å²) in [6.07, 6.45) is -2.46. The zero-order valence-electron chi connectivity index (χ0n) is 8.37. The quantitative estimate of drug-likeness (QED) is 0.741. The van der Waals surface area contributed by atoms with Gasteiger partial charge in [0.15, 0.2) is 0 Å². The van der Waals surface area contributed by atoms with Crippen molar-refractivity contribution in [1.82, 2.24) is 0 Å². The fourth-order valence-corrected chi connectivity index (χ4v) is 2.16. The van der Waals surface area contributed by atoms with Crippen molar-refractivity contribution >= 4 is 17.4 Å². The van der Waals surface area contributed by atoms with E-state index in [0.29, 0.717) is 5.69 Å². The maximum atomic E-state index is 12.5. The molecule has 16 heavy (non-hydrogen) atoms. The lowest BCUT2D eigenvalue weighted by atomic mass is 10.2. The Kier molecular flexibility index (Phi) is 3.14. The fourth-order valence-electron chi connectivity index (χ4n) is 1.49. The molecule has 5 heteroatoms. The molecule has 0 bridgehead atoms. The van der Waals surface area contributed by atoms with Gasteiger partial charge in [-0.3, -0.25) is 0 Å². The molecule has 0 saturated carbocycles. The average Bonchev–Trinajstić information content (AvgIpc) is 2.29. The van der Waals surface area contributed by atoms with Gasteiger partial charge in [-0.25, -0.2) is 0 Å². The SMILES string of the molecule is FC(F)(F)c1cccc(N2C=CSCC2)c1. The molecule has 1 aromatic carbocycles. The summed E-state index contributed by atoms with van der Waals surface area (Å²) in [4.78, 5) is 1.83. The summed E-state index contributed by atoms with van der Waals surface area (Å²) in [5.74, 6) is 0.896. The highest BCUT2D eigenvalue weighted by molar-refractivity contribution is 8.02. The van der Waals surface area contributed by atoms with Crippen LogP contribution in [0.2, 0.25) is 0 Å². The van der Waals surface area contributed by atoms with Gasteiger partial charge < -0.3 is 4.90 Å². The minimum Gasteiger partial charge on any atom is -0.347 e. The lowest BCUT2D eigenvalue weighted by Crippen LogP contribution is -2.21. The number of hydrogen-bond donors (Lipinski definition) is 0. The first kappa shape index (κ1) is 11.4. The van der Waals surface area contributed by atoms with Gasteiger partial charge in [0.1, 0.15) is 0 Å². The van der Waals surface area contributed by atoms with Crippen molar-refractivity contribution in [3.05, 3.63) is 41.4 Å². The molecule has 0 aromatic heterocycles. The number of halogens is 3. The van der Waals surface area contributed by atoms with Gasteiger partial charge in [0, 0.05) is 24.2 Å². The molecule has 0 spiro atoms. The minimum absolute atomic E-state index is 0.589. The van der Waals surface area contributed by atoms with E-state index >= 15 is 0 Å². The van der Waals surface area contributed by atoms with E-state index < -0.39 is 11.7 Å². The monoisotopic (exact) mass is 245 g/mol. The topological polar surface area (TPSA) is 3.24 Å². The molecule has 0 fully saturated rings. The molecule has 1 heterocycles. The number of rotatable bonds is 1. The van der Waals surface area contributed by atoms with Gasteiger partial charge in [-0.1, -0.05) is 6.07 Å². The normalized spacial score (nSPS) is 16.6. The summed E-state index contributed by atoms with van der Waals surface area (Å²) < 4.78 is 37.5. The average molecular weight is 245 g/mol. The van der Waals surface area contributed by atoms with Gasteiger partial charge in [0.05, 0.1) is 5.56 Å². The van der Waals surface area contributed by atoms with Gasteiger partial charge in [-0.05, 0) is 23.6 Å².